The number of benzene rings is 3. The van der Waals surface area contributed by atoms with Crippen LogP contribution in [0.1, 0.15) is 33.1 Å². The van der Waals surface area contributed by atoms with E-state index in [-0.39, 0.29) is 0 Å². The van der Waals surface area contributed by atoms with Crippen molar-refractivity contribution in [1.82, 2.24) is 0 Å². The summed E-state index contributed by atoms with van der Waals surface area (Å²) in [6.45, 7) is 4.97. The summed E-state index contributed by atoms with van der Waals surface area (Å²) in [5, 5.41) is 1.36. The van der Waals surface area contributed by atoms with Crippen molar-refractivity contribution in [3.8, 4) is 0 Å². The van der Waals surface area contributed by atoms with Crippen LogP contribution in [0.3, 0.4) is 0 Å². The van der Waals surface area contributed by atoms with E-state index in [4.69, 9.17) is 0 Å². The molecule has 160 valence electrons. The molecule has 31 heavy (non-hydrogen) atoms. The van der Waals surface area contributed by atoms with E-state index in [9.17, 15) is 0 Å². The molecule has 0 heterocycles. The van der Waals surface area contributed by atoms with Gasteiger partial charge in [0.1, 0.15) is 0 Å². The number of rotatable bonds is 5. The van der Waals surface area contributed by atoms with Crippen LogP contribution in [0, 0.1) is 17.3 Å². The number of hydrogen-bond donors (Lipinski definition) is 0. The summed E-state index contributed by atoms with van der Waals surface area (Å²) in [5.74, 6) is 1.64. The number of halogens is 1. The maximum atomic E-state index is 4.60. The minimum atomic E-state index is -2.86. The molecule has 2 saturated carbocycles. The van der Waals surface area contributed by atoms with Crippen molar-refractivity contribution in [3.05, 3.63) is 103 Å². The molecule has 0 aromatic heterocycles. The van der Waals surface area contributed by atoms with Crippen LogP contribution >= 0.6 is 20.8 Å². The third-order valence-corrected chi connectivity index (χ3v) is 17.7. The van der Waals surface area contributed by atoms with Crippen molar-refractivity contribution in [2.45, 2.75) is 33.1 Å². The quantitative estimate of drug-likeness (QED) is 0.261. The Morgan fingerprint density at radius 2 is 1.23 bits per heavy atom. The molecule has 2 aliphatic carbocycles. The van der Waals surface area contributed by atoms with E-state index in [2.05, 4.69) is 126 Å². The maximum absolute atomic E-state index is 4.60. The van der Waals surface area contributed by atoms with Gasteiger partial charge >= 0.3 is 196 Å². The van der Waals surface area contributed by atoms with E-state index in [0.717, 1.165) is 18.0 Å². The van der Waals surface area contributed by atoms with Gasteiger partial charge in [-0.05, 0) is 0 Å². The molecule has 0 amide bonds. The number of fused-ring (bicyclic) bond motifs is 2. The van der Waals surface area contributed by atoms with Crippen LogP contribution in [0.5, 0.6) is 0 Å². The predicted octanol–water partition coefficient (Wildman–Crippen LogP) is 7.21. The molecule has 3 aromatic rings. The molecule has 0 radical (unpaired) electrons. The zero-order valence-electron chi connectivity index (χ0n) is 18.5. The summed E-state index contributed by atoms with van der Waals surface area (Å²) in [5.41, 5.74) is 2.04. The van der Waals surface area contributed by atoms with Gasteiger partial charge < -0.3 is 0 Å². The third kappa shape index (κ3) is 3.20. The Morgan fingerprint density at radius 3 is 1.61 bits per heavy atom. The summed E-state index contributed by atoms with van der Waals surface area (Å²) in [4.78, 5) is 0. The Bertz CT molecular complexity index is 986. The average molecular weight is 491 g/mol. The van der Waals surface area contributed by atoms with Crippen molar-refractivity contribution >= 4 is 36.7 Å². The molecule has 2 heteroatoms. The molecule has 2 unspecified atom stereocenters. The Kier molecular flexibility index (Phi) is 5.27. The van der Waals surface area contributed by atoms with Gasteiger partial charge in [0.25, 0.3) is 0 Å². The third-order valence-electron chi connectivity index (χ3n) is 8.17. The average Bonchev–Trinajstić information content (AvgIpc) is 3.39. The van der Waals surface area contributed by atoms with Crippen molar-refractivity contribution in [2.24, 2.45) is 17.3 Å². The van der Waals surface area contributed by atoms with Crippen LogP contribution in [0.2, 0.25) is 0 Å². The Balaban J connectivity index is 1.76. The van der Waals surface area contributed by atoms with Gasteiger partial charge in [0.15, 0.2) is 0 Å². The van der Waals surface area contributed by atoms with E-state index in [1.807, 2.05) is 0 Å². The zero-order chi connectivity index (χ0) is 21.6. The molecule has 2 atom stereocenters. The second kappa shape index (κ2) is 7.72. The van der Waals surface area contributed by atoms with Gasteiger partial charge in [0.2, 0.25) is 0 Å². The van der Waals surface area contributed by atoms with Gasteiger partial charge in [0.05, 0.1) is 0 Å². The SMILES string of the molecule is CC1(C)C(=CCP(Br)(c2ccccc2)(c2ccccc2)c2ccccc2)C2CCC1C2. The fourth-order valence-corrected chi connectivity index (χ4v) is 13.4. The fourth-order valence-electron chi connectivity index (χ4n) is 6.36. The van der Waals surface area contributed by atoms with Crippen LogP contribution < -0.4 is 15.9 Å². The molecule has 3 aromatic carbocycles. The molecule has 0 aliphatic heterocycles. The van der Waals surface area contributed by atoms with Crippen molar-refractivity contribution < 1.29 is 0 Å². The summed E-state index contributed by atoms with van der Waals surface area (Å²) < 4.78 is 0. The monoisotopic (exact) mass is 490 g/mol. The van der Waals surface area contributed by atoms with E-state index in [1.54, 1.807) is 5.57 Å². The van der Waals surface area contributed by atoms with Crippen LogP contribution in [0.4, 0.5) is 0 Å². The Hall–Kier alpha value is -1.69. The van der Waals surface area contributed by atoms with Crippen molar-refractivity contribution in [2.75, 3.05) is 6.16 Å². The Morgan fingerprint density at radius 1 is 0.774 bits per heavy atom. The van der Waals surface area contributed by atoms with Gasteiger partial charge in [0, 0.05) is 0 Å². The van der Waals surface area contributed by atoms with Crippen molar-refractivity contribution in [1.29, 1.82) is 0 Å². The van der Waals surface area contributed by atoms with E-state index >= 15 is 0 Å². The molecule has 0 N–H and O–H groups in total. The zero-order valence-corrected chi connectivity index (χ0v) is 21.0. The first-order valence-electron chi connectivity index (χ1n) is 11.5. The molecular weight excluding hydrogens is 459 g/mol. The van der Waals surface area contributed by atoms with Crippen LogP contribution in [-0.2, 0) is 0 Å². The molecule has 2 fully saturated rings. The van der Waals surface area contributed by atoms with E-state index in [0.29, 0.717) is 5.41 Å². The summed E-state index contributed by atoms with van der Waals surface area (Å²) in [7, 11) is 0. The summed E-state index contributed by atoms with van der Waals surface area (Å²) in [6, 6.07) is 33.5. The summed E-state index contributed by atoms with van der Waals surface area (Å²) >= 11 is 4.60. The molecule has 2 aliphatic rings. The van der Waals surface area contributed by atoms with Crippen molar-refractivity contribution in [3.63, 3.8) is 0 Å². The van der Waals surface area contributed by atoms with Crippen LogP contribution in [0.15, 0.2) is 103 Å². The number of allylic oxidation sites excluding steroid dienone is 2. The molecule has 5 rings (SSSR count). The topological polar surface area (TPSA) is 0 Å². The van der Waals surface area contributed by atoms with E-state index < -0.39 is 5.31 Å². The van der Waals surface area contributed by atoms with Gasteiger partial charge in [-0.3, -0.25) is 0 Å². The molecule has 0 spiro atoms. The van der Waals surface area contributed by atoms with Gasteiger partial charge in [-0.15, -0.1) is 0 Å². The predicted molar refractivity (Wildman–Crippen MR) is 142 cm³/mol. The minimum absolute atomic E-state index is 0.329. The first kappa shape index (κ1) is 21.2. The molecular formula is C29H32BrP. The van der Waals surface area contributed by atoms with Gasteiger partial charge in [-0.2, -0.15) is 0 Å². The Labute approximate surface area is 195 Å². The molecule has 0 saturated heterocycles. The second-order valence-electron chi connectivity index (χ2n) is 9.96. The second-order valence-corrected chi connectivity index (χ2v) is 18.9. The summed E-state index contributed by atoms with van der Waals surface area (Å²) in [6.07, 6.45) is 7.84. The van der Waals surface area contributed by atoms with Gasteiger partial charge in [-0.1, -0.05) is 0 Å². The molecule has 0 nitrogen and oxygen atoms in total. The van der Waals surface area contributed by atoms with E-state index in [1.165, 1.54) is 35.2 Å². The van der Waals surface area contributed by atoms with Crippen LogP contribution in [-0.4, -0.2) is 6.16 Å². The first-order chi connectivity index (χ1) is 14.9. The normalized spacial score (nSPS) is 24.7. The molecule has 2 bridgehead atoms. The van der Waals surface area contributed by atoms with Crippen LogP contribution in [0.25, 0.3) is 0 Å². The first-order valence-corrected chi connectivity index (χ1v) is 16.0. The number of hydrogen-bond acceptors (Lipinski definition) is 0. The standard InChI is InChI=1S/C29H32BrP/c1-29(2)24-19-18-23(22-24)28(29)20-21-31(30,25-12-6-3-7-13-25,26-14-8-4-9-15-26)27-16-10-5-11-17-27/h3-17,20,23-24H,18-19,21-22H2,1-2H3. The van der Waals surface area contributed by atoms with Gasteiger partial charge in [-0.25, -0.2) is 0 Å². The fraction of sp³-hybridized carbons (Fsp3) is 0.310.